The van der Waals surface area contributed by atoms with Crippen molar-refractivity contribution in [2.75, 3.05) is 14.2 Å². The van der Waals surface area contributed by atoms with Crippen LogP contribution in [0.4, 0.5) is 0 Å². The Hall–Kier alpha value is -2.57. The van der Waals surface area contributed by atoms with Crippen LogP contribution in [0.5, 0.6) is 11.5 Å². The van der Waals surface area contributed by atoms with Gasteiger partial charge in [-0.15, -0.1) is 0 Å². The Bertz CT molecular complexity index is 541. The lowest BCUT2D eigenvalue weighted by molar-refractivity contribution is -0.139. The van der Waals surface area contributed by atoms with Gasteiger partial charge in [0.05, 0.1) is 20.4 Å². The summed E-state index contributed by atoms with van der Waals surface area (Å²) < 4.78 is 10.4. The van der Waals surface area contributed by atoms with Gasteiger partial charge in [0.15, 0.2) is 11.5 Å². The van der Waals surface area contributed by atoms with Crippen molar-refractivity contribution in [2.24, 2.45) is 5.10 Å². The van der Waals surface area contributed by atoms with E-state index in [1.54, 1.807) is 32.0 Å². The molecule has 0 heterocycles. The van der Waals surface area contributed by atoms with Gasteiger partial charge in [-0.05, 0) is 26.0 Å². The minimum absolute atomic E-state index is 0.120. The maximum Gasteiger partial charge on any atom is 0.329 e. The molecule has 7 nitrogen and oxygen atoms in total. The van der Waals surface area contributed by atoms with Gasteiger partial charge in [-0.3, -0.25) is 9.59 Å². The molecule has 0 saturated carbocycles. The normalized spacial score (nSPS) is 10.5. The summed E-state index contributed by atoms with van der Waals surface area (Å²) in [6.45, 7) is 3.52. The van der Waals surface area contributed by atoms with Gasteiger partial charge in [0.25, 0.3) is 0 Å². The molecule has 0 aliphatic heterocycles. The first-order chi connectivity index (χ1) is 9.99. The van der Waals surface area contributed by atoms with Crippen molar-refractivity contribution in [3.8, 4) is 11.5 Å². The number of nitrogens with zero attached hydrogens (tertiary/aromatic N) is 1. The molecule has 1 rings (SSSR count). The zero-order chi connectivity index (χ0) is 15.8. The van der Waals surface area contributed by atoms with Crippen LogP contribution in [0.1, 0.15) is 19.4 Å². The first-order valence-electron chi connectivity index (χ1n) is 6.34. The molecule has 1 aromatic rings. The number of amides is 2. The predicted molar refractivity (Wildman–Crippen MR) is 78.6 cm³/mol. The quantitative estimate of drug-likeness (QED) is 0.474. The third kappa shape index (κ3) is 4.79. The minimum atomic E-state index is -0.832. The molecule has 1 aromatic carbocycles. The highest BCUT2D eigenvalue weighted by atomic mass is 16.5. The van der Waals surface area contributed by atoms with Gasteiger partial charge in [0, 0.05) is 11.6 Å². The van der Waals surface area contributed by atoms with E-state index in [1.165, 1.54) is 20.4 Å². The molecule has 0 fully saturated rings. The van der Waals surface area contributed by atoms with Gasteiger partial charge in [-0.25, -0.2) is 5.43 Å². The van der Waals surface area contributed by atoms with Crippen LogP contribution in [0.2, 0.25) is 0 Å². The lowest BCUT2D eigenvalue weighted by atomic mass is 10.2. The Kier molecular flexibility index (Phi) is 6.19. The number of rotatable bonds is 5. The van der Waals surface area contributed by atoms with E-state index in [0.29, 0.717) is 17.1 Å². The summed E-state index contributed by atoms with van der Waals surface area (Å²) in [4.78, 5) is 22.8. The topological polar surface area (TPSA) is 89.0 Å². The van der Waals surface area contributed by atoms with Crippen molar-refractivity contribution in [3.05, 3.63) is 23.8 Å². The molecule has 0 unspecified atom stereocenters. The molecular formula is C14H19N3O4. The molecule has 0 aliphatic rings. The van der Waals surface area contributed by atoms with E-state index in [0.717, 1.165) is 0 Å². The second kappa shape index (κ2) is 7.88. The summed E-state index contributed by atoms with van der Waals surface area (Å²) in [7, 11) is 3.03. The second-order valence-electron chi connectivity index (χ2n) is 4.41. The van der Waals surface area contributed by atoms with E-state index in [1.807, 2.05) is 0 Å². The number of hydrogen-bond acceptors (Lipinski definition) is 5. The highest BCUT2D eigenvalue weighted by molar-refractivity contribution is 6.35. The number of hydrazone groups is 1. The highest BCUT2D eigenvalue weighted by Gasteiger charge is 2.13. The summed E-state index contributed by atoms with van der Waals surface area (Å²) in [6, 6.07) is 5.12. The van der Waals surface area contributed by atoms with Gasteiger partial charge in [0.2, 0.25) is 0 Å². The maximum atomic E-state index is 11.5. The first-order valence-corrected chi connectivity index (χ1v) is 6.34. The van der Waals surface area contributed by atoms with Gasteiger partial charge in [-0.1, -0.05) is 6.07 Å². The SMILES string of the molecule is COc1cccc(/C=N/NC(=O)C(=O)NC(C)C)c1OC. The molecule has 0 saturated heterocycles. The Labute approximate surface area is 123 Å². The summed E-state index contributed by atoms with van der Waals surface area (Å²) in [6.07, 6.45) is 1.38. The monoisotopic (exact) mass is 293 g/mol. The fraction of sp³-hybridized carbons (Fsp3) is 0.357. The molecule has 0 aromatic heterocycles. The van der Waals surface area contributed by atoms with E-state index in [9.17, 15) is 9.59 Å². The molecule has 0 aliphatic carbocycles. The average Bonchev–Trinajstić information content (AvgIpc) is 2.45. The van der Waals surface area contributed by atoms with Gasteiger partial charge < -0.3 is 14.8 Å². The predicted octanol–water partition coefficient (Wildman–Crippen LogP) is 0.678. The lowest BCUT2D eigenvalue weighted by Gasteiger charge is -2.09. The van der Waals surface area contributed by atoms with Crippen molar-refractivity contribution in [1.82, 2.24) is 10.7 Å². The molecule has 0 atom stereocenters. The molecule has 0 spiro atoms. The largest absolute Gasteiger partial charge is 0.493 e. The third-order valence-corrected chi connectivity index (χ3v) is 2.43. The number of ether oxygens (including phenoxy) is 2. The van der Waals surface area contributed by atoms with Gasteiger partial charge in [-0.2, -0.15) is 5.10 Å². The fourth-order valence-electron chi connectivity index (χ4n) is 1.55. The molecule has 0 radical (unpaired) electrons. The lowest BCUT2D eigenvalue weighted by Crippen LogP contribution is -2.41. The van der Waals surface area contributed by atoms with Crippen LogP contribution in [0, 0.1) is 0 Å². The van der Waals surface area contributed by atoms with Crippen molar-refractivity contribution >= 4 is 18.0 Å². The standard InChI is InChI=1S/C14H19N3O4/c1-9(2)16-13(18)14(19)17-15-8-10-6-5-7-11(20-3)12(10)21-4/h5-9H,1-4H3,(H,16,18)(H,17,19)/b15-8+. The van der Waals surface area contributed by atoms with E-state index in [4.69, 9.17) is 9.47 Å². The zero-order valence-corrected chi connectivity index (χ0v) is 12.5. The smallest absolute Gasteiger partial charge is 0.329 e. The molecule has 2 amide bonds. The van der Waals surface area contributed by atoms with E-state index in [2.05, 4.69) is 15.8 Å². The number of benzene rings is 1. The fourth-order valence-corrected chi connectivity index (χ4v) is 1.55. The van der Waals surface area contributed by atoms with Crippen molar-refractivity contribution < 1.29 is 19.1 Å². The van der Waals surface area contributed by atoms with Crippen LogP contribution in [0.15, 0.2) is 23.3 Å². The van der Waals surface area contributed by atoms with Gasteiger partial charge >= 0.3 is 11.8 Å². The second-order valence-corrected chi connectivity index (χ2v) is 4.41. The van der Waals surface area contributed by atoms with E-state index < -0.39 is 11.8 Å². The summed E-state index contributed by atoms with van der Waals surface area (Å²) in [5.74, 6) is -0.531. The summed E-state index contributed by atoms with van der Waals surface area (Å²) >= 11 is 0. The molecule has 0 bridgehead atoms. The van der Waals surface area contributed by atoms with Crippen LogP contribution in [-0.2, 0) is 9.59 Å². The highest BCUT2D eigenvalue weighted by Crippen LogP contribution is 2.29. The molecule has 114 valence electrons. The first kappa shape index (κ1) is 16.5. The Morgan fingerprint density at radius 2 is 1.90 bits per heavy atom. The van der Waals surface area contributed by atoms with Crippen LogP contribution in [0.25, 0.3) is 0 Å². The molecular weight excluding hydrogens is 274 g/mol. The average molecular weight is 293 g/mol. The third-order valence-electron chi connectivity index (χ3n) is 2.43. The van der Waals surface area contributed by atoms with Crippen LogP contribution in [0.3, 0.4) is 0 Å². The summed E-state index contributed by atoms with van der Waals surface area (Å²) in [5, 5.41) is 6.20. The summed E-state index contributed by atoms with van der Waals surface area (Å²) in [5.41, 5.74) is 2.76. The number of methoxy groups -OCH3 is 2. The number of hydrogen-bond donors (Lipinski definition) is 2. The Balaban J connectivity index is 2.74. The number of carbonyl (C=O) groups excluding carboxylic acids is 2. The minimum Gasteiger partial charge on any atom is -0.493 e. The van der Waals surface area contributed by atoms with E-state index in [-0.39, 0.29) is 6.04 Å². The zero-order valence-electron chi connectivity index (χ0n) is 12.5. The van der Waals surface area contributed by atoms with Crippen LogP contribution < -0.4 is 20.2 Å². The van der Waals surface area contributed by atoms with E-state index >= 15 is 0 Å². The number of para-hydroxylation sites is 1. The molecule has 21 heavy (non-hydrogen) atoms. The molecule has 2 N–H and O–H groups in total. The maximum absolute atomic E-state index is 11.5. The number of nitrogens with one attached hydrogen (secondary N) is 2. The Morgan fingerprint density at radius 3 is 2.48 bits per heavy atom. The van der Waals surface area contributed by atoms with Gasteiger partial charge in [0.1, 0.15) is 0 Å². The Morgan fingerprint density at radius 1 is 1.19 bits per heavy atom. The van der Waals surface area contributed by atoms with Crippen molar-refractivity contribution in [2.45, 2.75) is 19.9 Å². The van der Waals surface area contributed by atoms with Crippen LogP contribution >= 0.6 is 0 Å². The van der Waals surface area contributed by atoms with Crippen molar-refractivity contribution in [3.63, 3.8) is 0 Å². The van der Waals surface area contributed by atoms with Crippen molar-refractivity contribution in [1.29, 1.82) is 0 Å². The molecule has 7 heteroatoms. The van der Waals surface area contributed by atoms with Crippen LogP contribution in [-0.4, -0.2) is 38.3 Å². The number of carbonyl (C=O) groups is 2.